The molecule has 0 amide bonds. The Morgan fingerprint density at radius 1 is 1.37 bits per heavy atom. The maximum atomic E-state index is 13.6. The second-order valence-corrected chi connectivity index (χ2v) is 5.47. The predicted octanol–water partition coefficient (Wildman–Crippen LogP) is 2.58. The van der Waals surface area contributed by atoms with Crippen LogP contribution in [0.3, 0.4) is 0 Å². The third kappa shape index (κ3) is 2.91. The number of likely N-dealkylation sites (N-methyl/N-ethyl adjacent to an activating group) is 1. The third-order valence-electron chi connectivity index (χ3n) is 3.58. The summed E-state index contributed by atoms with van der Waals surface area (Å²) in [5.74, 6) is -0.259. The van der Waals surface area contributed by atoms with Crippen molar-refractivity contribution in [3.8, 4) is 0 Å². The summed E-state index contributed by atoms with van der Waals surface area (Å²) in [5.41, 5.74) is 1.29. The molecule has 2 aromatic rings. The number of rotatable bonds is 4. The fourth-order valence-electron chi connectivity index (χ4n) is 1.94. The Labute approximate surface area is 112 Å². The smallest absolute Gasteiger partial charge is 0.124 e. The zero-order chi connectivity index (χ0) is 14.0. The first-order valence-electron chi connectivity index (χ1n) is 6.29. The molecule has 0 spiro atoms. The van der Waals surface area contributed by atoms with Gasteiger partial charge in [0, 0.05) is 23.7 Å². The van der Waals surface area contributed by atoms with E-state index < -0.39 is 0 Å². The average Bonchev–Trinajstić information content (AvgIpc) is 2.38. The van der Waals surface area contributed by atoms with Gasteiger partial charge >= 0.3 is 0 Å². The summed E-state index contributed by atoms with van der Waals surface area (Å²) in [6, 6.07) is 6.65. The van der Waals surface area contributed by atoms with E-state index in [0.717, 1.165) is 16.5 Å². The molecule has 0 saturated carbocycles. The van der Waals surface area contributed by atoms with Crippen LogP contribution >= 0.6 is 0 Å². The highest BCUT2D eigenvalue weighted by Crippen LogP contribution is 2.22. The van der Waals surface area contributed by atoms with Crippen LogP contribution in [0.2, 0.25) is 0 Å². The quantitative estimate of drug-likeness (QED) is 0.920. The first-order valence-corrected chi connectivity index (χ1v) is 6.29. The number of halogens is 1. The Bertz CT molecular complexity index is 583. The van der Waals surface area contributed by atoms with Crippen molar-refractivity contribution in [1.29, 1.82) is 0 Å². The number of pyridine rings is 1. The summed E-state index contributed by atoms with van der Waals surface area (Å²) in [7, 11) is 1.91. The lowest BCUT2D eigenvalue weighted by atomic mass is 10.0. The molecule has 0 atom stereocenters. The molecular weight excluding hydrogens is 243 g/mol. The van der Waals surface area contributed by atoms with Crippen LogP contribution in [-0.2, 0) is 6.54 Å². The first-order chi connectivity index (χ1) is 8.94. The molecule has 0 bridgehead atoms. The number of aromatic nitrogens is 1. The lowest BCUT2D eigenvalue weighted by molar-refractivity contribution is 0.0736. The SMILES string of the molecule is CN(Cc1cc(F)cc2cccnc12)C(C)(C)CO. The number of hydrogen-bond acceptors (Lipinski definition) is 3. The third-order valence-corrected chi connectivity index (χ3v) is 3.58. The van der Waals surface area contributed by atoms with Crippen molar-refractivity contribution in [1.82, 2.24) is 9.88 Å². The van der Waals surface area contributed by atoms with Gasteiger partial charge in [-0.15, -0.1) is 0 Å². The molecule has 2 rings (SSSR count). The number of hydrogen-bond donors (Lipinski definition) is 1. The fraction of sp³-hybridized carbons (Fsp3) is 0.400. The summed E-state index contributed by atoms with van der Waals surface area (Å²) in [5, 5.41) is 10.2. The lowest BCUT2D eigenvalue weighted by Gasteiger charge is -2.34. The summed E-state index contributed by atoms with van der Waals surface area (Å²) in [6.45, 7) is 4.48. The van der Waals surface area contributed by atoms with E-state index in [1.165, 1.54) is 12.1 Å². The molecule has 0 aliphatic carbocycles. The van der Waals surface area contributed by atoms with Crippen LogP contribution in [0.15, 0.2) is 30.5 Å². The van der Waals surface area contributed by atoms with Gasteiger partial charge < -0.3 is 5.11 Å². The van der Waals surface area contributed by atoms with Gasteiger partial charge in [0.1, 0.15) is 5.82 Å². The van der Waals surface area contributed by atoms with Crippen molar-refractivity contribution in [3.05, 3.63) is 41.8 Å². The molecule has 4 heteroatoms. The molecule has 1 N–H and O–H groups in total. The van der Waals surface area contributed by atoms with Crippen LogP contribution in [0.4, 0.5) is 4.39 Å². The van der Waals surface area contributed by atoms with Gasteiger partial charge in [-0.2, -0.15) is 0 Å². The maximum Gasteiger partial charge on any atom is 0.124 e. The van der Waals surface area contributed by atoms with E-state index in [0.29, 0.717) is 6.54 Å². The second kappa shape index (κ2) is 5.23. The Morgan fingerprint density at radius 2 is 2.11 bits per heavy atom. The number of aliphatic hydroxyl groups excluding tert-OH is 1. The predicted molar refractivity (Wildman–Crippen MR) is 74.3 cm³/mol. The lowest BCUT2D eigenvalue weighted by Crippen LogP contribution is -2.43. The molecule has 3 nitrogen and oxygen atoms in total. The van der Waals surface area contributed by atoms with Gasteiger partial charge in [0.05, 0.1) is 12.1 Å². The summed E-state index contributed by atoms with van der Waals surface area (Å²) < 4.78 is 13.6. The molecule has 102 valence electrons. The van der Waals surface area contributed by atoms with Gasteiger partial charge in [0.25, 0.3) is 0 Å². The zero-order valence-corrected chi connectivity index (χ0v) is 11.5. The first kappa shape index (κ1) is 13.9. The Balaban J connectivity index is 2.40. The van der Waals surface area contributed by atoms with Gasteiger partial charge in [-0.05, 0) is 44.7 Å². The summed E-state index contributed by atoms with van der Waals surface area (Å²) in [6.07, 6.45) is 1.71. The molecule has 1 heterocycles. The van der Waals surface area contributed by atoms with Crippen molar-refractivity contribution >= 4 is 10.9 Å². The molecule has 0 saturated heterocycles. The van der Waals surface area contributed by atoms with E-state index in [2.05, 4.69) is 4.98 Å². The highest BCUT2D eigenvalue weighted by Gasteiger charge is 2.23. The van der Waals surface area contributed by atoms with Crippen molar-refractivity contribution in [2.75, 3.05) is 13.7 Å². The van der Waals surface area contributed by atoms with Gasteiger partial charge in [-0.25, -0.2) is 4.39 Å². The number of benzene rings is 1. The fourth-order valence-corrected chi connectivity index (χ4v) is 1.94. The largest absolute Gasteiger partial charge is 0.394 e. The van der Waals surface area contributed by atoms with E-state index in [1.54, 1.807) is 12.3 Å². The van der Waals surface area contributed by atoms with E-state index >= 15 is 0 Å². The van der Waals surface area contributed by atoms with Crippen molar-refractivity contribution < 1.29 is 9.50 Å². The van der Waals surface area contributed by atoms with E-state index in [-0.39, 0.29) is 18.0 Å². The Morgan fingerprint density at radius 3 is 2.79 bits per heavy atom. The molecular formula is C15H19FN2O. The molecule has 0 fully saturated rings. The van der Waals surface area contributed by atoms with Crippen molar-refractivity contribution in [2.45, 2.75) is 25.9 Å². The number of aliphatic hydroxyl groups is 1. The van der Waals surface area contributed by atoms with Crippen molar-refractivity contribution in [3.63, 3.8) is 0 Å². The van der Waals surface area contributed by atoms with Crippen LogP contribution < -0.4 is 0 Å². The average molecular weight is 262 g/mol. The van der Waals surface area contributed by atoms with Gasteiger partial charge in [-0.1, -0.05) is 6.07 Å². The molecule has 0 unspecified atom stereocenters. The molecule has 1 aromatic heterocycles. The minimum absolute atomic E-state index is 0.0458. The summed E-state index contributed by atoms with van der Waals surface area (Å²) in [4.78, 5) is 6.32. The van der Waals surface area contributed by atoms with Crippen LogP contribution in [-0.4, -0.2) is 34.2 Å². The Kier molecular flexibility index (Phi) is 3.83. The second-order valence-electron chi connectivity index (χ2n) is 5.47. The van der Waals surface area contributed by atoms with Crippen molar-refractivity contribution in [2.24, 2.45) is 0 Å². The normalized spacial score (nSPS) is 12.3. The molecule has 0 radical (unpaired) electrons. The monoisotopic (exact) mass is 262 g/mol. The minimum Gasteiger partial charge on any atom is -0.394 e. The summed E-state index contributed by atoms with van der Waals surface area (Å²) >= 11 is 0. The highest BCUT2D eigenvalue weighted by molar-refractivity contribution is 5.81. The zero-order valence-electron chi connectivity index (χ0n) is 11.5. The van der Waals surface area contributed by atoms with Crippen LogP contribution in [0.5, 0.6) is 0 Å². The van der Waals surface area contributed by atoms with E-state index in [9.17, 15) is 9.50 Å². The van der Waals surface area contributed by atoms with E-state index in [1.807, 2.05) is 31.9 Å². The van der Waals surface area contributed by atoms with E-state index in [4.69, 9.17) is 0 Å². The number of nitrogens with zero attached hydrogens (tertiary/aromatic N) is 2. The molecule has 0 aliphatic heterocycles. The highest BCUT2D eigenvalue weighted by atomic mass is 19.1. The molecule has 0 aliphatic rings. The number of fused-ring (bicyclic) bond motifs is 1. The minimum atomic E-state index is -0.354. The molecule has 19 heavy (non-hydrogen) atoms. The van der Waals surface area contributed by atoms with Crippen LogP contribution in [0.25, 0.3) is 10.9 Å². The topological polar surface area (TPSA) is 36.4 Å². The maximum absolute atomic E-state index is 13.6. The van der Waals surface area contributed by atoms with Crippen LogP contribution in [0, 0.1) is 5.82 Å². The van der Waals surface area contributed by atoms with Gasteiger partial charge in [0.15, 0.2) is 0 Å². The standard InChI is InChI=1S/C15H19FN2O/c1-15(2,10-19)18(3)9-12-8-13(16)7-11-5-4-6-17-14(11)12/h4-8,19H,9-10H2,1-3H3. The van der Waals surface area contributed by atoms with Gasteiger partial charge in [0.2, 0.25) is 0 Å². The van der Waals surface area contributed by atoms with Gasteiger partial charge in [-0.3, -0.25) is 9.88 Å². The molecule has 1 aromatic carbocycles. The van der Waals surface area contributed by atoms with Crippen LogP contribution in [0.1, 0.15) is 19.4 Å². The Hall–Kier alpha value is -1.52.